The molecule has 156 valence electrons. The van der Waals surface area contributed by atoms with Gasteiger partial charge >= 0.3 is 0 Å². The van der Waals surface area contributed by atoms with Crippen LogP contribution in [0.15, 0.2) is 24.3 Å². The zero-order valence-electron chi connectivity index (χ0n) is 16.3. The molecule has 8 heteroatoms. The summed E-state index contributed by atoms with van der Waals surface area (Å²) in [6.45, 7) is 2.43. The van der Waals surface area contributed by atoms with Crippen molar-refractivity contribution in [3.05, 3.63) is 30.1 Å². The van der Waals surface area contributed by atoms with Crippen molar-refractivity contribution in [2.24, 2.45) is 5.92 Å². The molecule has 28 heavy (non-hydrogen) atoms. The van der Waals surface area contributed by atoms with Crippen molar-refractivity contribution < 1.29 is 17.6 Å². The number of carbonyl (C=O) groups is 1. The van der Waals surface area contributed by atoms with Gasteiger partial charge in [-0.1, -0.05) is 19.3 Å². The van der Waals surface area contributed by atoms with Gasteiger partial charge in [-0.25, -0.2) is 12.8 Å². The lowest BCUT2D eigenvalue weighted by Gasteiger charge is -2.35. The van der Waals surface area contributed by atoms with Crippen LogP contribution < -0.4 is 10.2 Å². The van der Waals surface area contributed by atoms with E-state index in [1.54, 1.807) is 12.1 Å². The fourth-order valence-electron chi connectivity index (χ4n) is 3.98. The lowest BCUT2D eigenvalue weighted by Crippen LogP contribution is -2.49. The maximum Gasteiger partial charge on any atom is 0.223 e. The normalized spacial score (nSPS) is 19.5. The summed E-state index contributed by atoms with van der Waals surface area (Å²) in [5.41, 5.74) is 0.906. The fourth-order valence-corrected chi connectivity index (χ4v) is 5.47. The van der Waals surface area contributed by atoms with Gasteiger partial charge in [0.25, 0.3) is 0 Å². The van der Waals surface area contributed by atoms with Crippen LogP contribution in [0.4, 0.5) is 10.1 Å². The number of sulfonamides is 1. The van der Waals surface area contributed by atoms with E-state index in [0.717, 1.165) is 31.4 Å². The SMILES string of the molecule is O=C(NCCCS(=O)(=O)N1CCN(c2ccc(F)cc2)CC1)C1CCCCC1. The van der Waals surface area contributed by atoms with E-state index in [2.05, 4.69) is 10.2 Å². The largest absolute Gasteiger partial charge is 0.369 e. The molecule has 0 atom stereocenters. The Kier molecular flexibility index (Phi) is 7.29. The van der Waals surface area contributed by atoms with Crippen LogP contribution in [0.1, 0.15) is 38.5 Å². The van der Waals surface area contributed by atoms with Gasteiger partial charge in [-0.2, -0.15) is 4.31 Å². The molecule has 1 N–H and O–H groups in total. The zero-order valence-corrected chi connectivity index (χ0v) is 17.1. The van der Waals surface area contributed by atoms with Crippen LogP contribution in [-0.4, -0.2) is 57.1 Å². The summed E-state index contributed by atoms with van der Waals surface area (Å²) in [6, 6.07) is 6.27. The minimum Gasteiger partial charge on any atom is -0.369 e. The first-order valence-corrected chi connectivity index (χ1v) is 11.8. The van der Waals surface area contributed by atoms with Crippen molar-refractivity contribution in [2.45, 2.75) is 38.5 Å². The number of hydrogen-bond donors (Lipinski definition) is 1. The zero-order chi connectivity index (χ0) is 20.0. The number of carbonyl (C=O) groups excluding carboxylic acids is 1. The third-order valence-corrected chi connectivity index (χ3v) is 7.63. The van der Waals surface area contributed by atoms with E-state index >= 15 is 0 Å². The molecular weight excluding hydrogens is 381 g/mol. The quantitative estimate of drug-likeness (QED) is 0.700. The summed E-state index contributed by atoms with van der Waals surface area (Å²) in [6.07, 6.45) is 5.74. The lowest BCUT2D eigenvalue weighted by atomic mass is 9.89. The fraction of sp³-hybridized carbons (Fsp3) is 0.650. The molecule has 1 heterocycles. The number of nitrogens with one attached hydrogen (secondary N) is 1. The summed E-state index contributed by atoms with van der Waals surface area (Å²) in [5, 5.41) is 2.90. The molecule has 1 amide bonds. The average Bonchev–Trinajstić information content (AvgIpc) is 2.72. The van der Waals surface area contributed by atoms with E-state index in [1.165, 1.54) is 22.9 Å². The molecule has 2 aliphatic rings. The van der Waals surface area contributed by atoms with Gasteiger partial charge in [0, 0.05) is 44.3 Å². The van der Waals surface area contributed by atoms with Gasteiger partial charge in [0.1, 0.15) is 5.82 Å². The van der Waals surface area contributed by atoms with Crippen molar-refractivity contribution in [3.8, 4) is 0 Å². The van der Waals surface area contributed by atoms with Gasteiger partial charge in [0.15, 0.2) is 0 Å². The Morgan fingerprint density at radius 3 is 2.32 bits per heavy atom. The van der Waals surface area contributed by atoms with Crippen LogP contribution >= 0.6 is 0 Å². The molecule has 0 aromatic heterocycles. The van der Waals surface area contributed by atoms with Gasteiger partial charge in [0.2, 0.25) is 15.9 Å². The van der Waals surface area contributed by atoms with Gasteiger partial charge in [-0.3, -0.25) is 4.79 Å². The summed E-state index contributed by atoms with van der Waals surface area (Å²) in [4.78, 5) is 14.2. The maximum atomic E-state index is 13.0. The standard InChI is InChI=1S/C20H30FN3O3S/c21-18-7-9-19(10-8-18)23-12-14-24(15-13-23)28(26,27)16-4-11-22-20(25)17-5-2-1-3-6-17/h7-10,17H,1-6,11-16H2,(H,22,25). The average molecular weight is 412 g/mol. The topological polar surface area (TPSA) is 69.7 Å². The number of rotatable bonds is 7. The molecule has 1 aliphatic heterocycles. The van der Waals surface area contributed by atoms with E-state index in [4.69, 9.17) is 0 Å². The molecule has 0 radical (unpaired) electrons. The predicted molar refractivity (Wildman–Crippen MR) is 108 cm³/mol. The Balaban J connectivity index is 1.39. The number of nitrogens with zero attached hydrogens (tertiary/aromatic N) is 2. The number of piperazine rings is 1. The van der Waals surface area contributed by atoms with Crippen LogP contribution in [0.2, 0.25) is 0 Å². The van der Waals surface area contributed by atoms with Gasteiger partial charge in [-0.05, 0) is 43.5 Å². The van der Waals surface area contributed by atoms with E-state index in [-0.39, 0.29) is 23.4 Å². The highest BCUT2D eigenvalue weighted by Gasteiger charge is 2.27. The van der Waals surface area contributed by atoms with Crippen molar-refractivity contribution in [3.63, 3.8) is 0 Å². The number of benzene rings is 1. The van der Waals surface area contributed by atoms with Gasteiger partial charge in [0.05, 0.1) is 5.75 Å². The van der Waals surface area contributed by atoms with Crippen molar-refractivity contribution in [2.75, 3.05) is 43.4 Å². The number of amides is 1. The molecule has 3 rings (SSSR count). The Labute approximate surface area is 167 Å². The van der Waals surface area contributed by atoms with E-state index in [0.29, 0.717) is 39.1 Å². The summed E-state index contributed by atoms with van der Waals surface area (Å²) in [7, 11) is -3.32. The van der Waals surface area contributed by atoms with Gasteiger partial charge in [-0.15, -0.1) is 0 Å². The molecule has 0 unspecified atom stereocenters. The smallest absolute Gasteiger partial charge is 0.223 e. The molecule has 1 aromatic rings. The number of halogens is 1. The molecule has 6 nitrogen and oxygen atoms in total. The van der Waals surface area contributed by atoms with Crippen LogP contribution in [0.25, 0.3) is 0 Å². The summed E-state index contributed by atoms with van der Waals surface area (Å²) >= 11 is 0. The molecule has 1 aromatic carbocycles. The van der Waals surface area contributed by atoms with Crippen LogP contribution in [-0.2, 0) is 14.8 Å². The summed E-state index contributed by atoms with van der Waals surface area (Å²) < 4.78 is 39.7. The molecule has 2 fully saturated rings. The van der Waals surface area contributed by atoms with Crippen LogP contribution in [0.5, 0.6) is 0 Å². The molecule has 1 aliphatic carbocycles. The van der Waals surface area contributed by atoms with Crippen molar-refractivity contribution in [1.82, 2.24) is 9.62 Å². The maximum absolute atomic E-state index is 13.0. The summed E-state index contributed by atoms with van der Waals surface area (Å²) in [5.74, 6) is -0.0513. The molecular formula is C20H30FN3O3S. The second-order valence-corrected chi connectivity index (χ2v) is 9.75. The second-order valence-electron chi connectivity index (χ2n) is 7.66. The third-order valence-electron chi connectivity index (χ3n) is 5.68. The van der Waals surface area contributed by atoms with E-state index in [9.17, 15) is 17.6 Å². The van der Waals surface area contributed by atoms with E-state index < -0.39 is 10.0 Å². The Morgan fingerprint density at radius 2 is 1.68 bits per heavy atom. The lowest BCUT2D eigenvalue weighted by molar-refractivity contribution is -0.125. The van der Waals surface area contributed by atoms with E-state index in [1.807, 2.05) is 0 Å². The van der Waals surface area contributed by atoms with Gasteiger partial charge < -0.3 is 10.2 Å². The number of hydrogen-bond acceptors (Lipinski definition) is 4. The second kappa shape index (κ2) is 9.69. The monoisotopic (exact) mass is 411 g/mol. The first kappa shape index (κ1) is 21.0. The molecule has 0 bridgehead atoms. The predicted octanol–water partition coefficient (Wildman–Crippen LogP) is 2.36. The molecule has 0 spiro atoms. The Hall–Kier alpha value is -1.67. The number of anilines is 1. The molecule has 1 saturated heterocycles. The first-order valence-electron chi connectivity index (χ1n) is 10.2. The minimum atomic E-state index is -3.32. The minimum absolute atomic E-state index is 0.0501. The Morgan fingerprint density at radius 1 is 1.04 bits per heavy atom. The first-order chi connectivity index (χ1) is 13.5. The highest BCUT2D eigenvalue weighted by molar-refractivity contribution is 7.89. The van der Waals surface area contributed by atoms with Crippen molar-refractivity contribution in [1.29, 1.82) is 0 Å². The van der Waals surface area contributed by atoms with Crippen LogP contribution in [0.3, 0.4) is 0 Å². The highest BCUT2D eigenvalue weighted by Crippen LogP contribution is 2.23. The third kappa shape index (κ3) is 5.67. The highest BCUT2D eigenvalue weighted by atomic mass is 32.2. The molecule has 1 saturated carbocycles. The van der Waals surface area contributed by atoms with Crippen LogP contribution in [0, 0.1) is 11.7 Å². The Bertz CT molecular complexity index is 740. The van der Waals surface area contributed by atoms with Crippen molar-refractivity contribution >= 4 is 21.6 Å².